The molecule has 1 heterocycles. The van der Waals surface area contributed by atoms with Crippen molar-refractivity contribution in [3.8, 4) is 0 Å². The molecule has 2 fully saturated rings. The number of nitrogens with two attached hydrogens (primary N) is 1. The molecule has 0 spiro atoms. The Kier molecular flexibility index (Phi) is 7.91. The summed E-state index contributed by atoms with van der Waals surface area (Å²) >= 11 is 0. The number of benzene rings is 1. The highest BCUT2D eigenvalue weighted by Gasteiger charge is 2.30. The largest absolute Gasteiger partial charge is 0.339 e. The van der Waals surface area contributed by atoms with Crippen molar-refractivity contribution in [2.45, 2.75) is 44.6 Å². The second-order valence-corrected chi connectivity index (χ2v) is 7.28. The topological polar surface area (TPSA) is 66.6 Å². The van der Waals surface area contributed by atoms with E-state index in [4.69, 9.17) is 5.73 Å². The minimum Gasteiger partial charge on any atom is -0.339 e. The summed E-state index contributed by atoms with van der Waals surface area (Å²) in [4.78, 5) is 28.9. The Labute approximate surface area is 162 Å². The van der Waals surface area contributed by atoms with E-state index in [9.17, 15) is 9.59 Å². The van der Waals surface area contributed by atoms with E-state index in [2.05, 4.69) is 0 Å². The van der Waals surface area contributed by atoms with Crippen LogP contribution in [0.5, 0.6) is 0 Å². The summed E-state index contributed by atoms with van der Waals surface area (Å²) in [6.45, 7) is 2.47. The molecule has 0 unspecified atom stereocenters. The number of nitrogens with zero attached hydrogens (tertiary/aromatic N) is 2. The van der Waals surface area contributed by atoms with Crippen molar-refractivity contribution in [1.29, 1.82) is 0 Å². The summed E-state index contributed by atoms with van der Waals surface area (Å²) in [5, 5.41) is 0. The molecule has 1 atom stereocenters. The maximum atomic E-state index is 12.6. The summed E-state index contributed by atoms with van der Waals surface area (Å²) in [7, 11) is 0. The third kappa shape index (κ3) is 5.21. The van der Waals surface area contributed by atoms with Crippen molar-refractivity contribution in [3.05, 3.63) is 35.9 Å². The minimum absolute atomic E-state index is 0. The number of halogens is 1. The molecule has 1 saturated carbocycles. The molecule has 144 valence electrons. The lowest BCUT2D eigenvalue weighted by Crippen LogP contribution is -2.55. The molecule has 2 N–H and O–H groups in total. The first-order valence-electron chi connectivity index (χ1n) is 9.52. The van der Waals surface area contributed by atoms with Crippen molar-refractivity contribution in [3.63, 3.8) is 0 Å². The van der Waals surface area contributed by atoms with Crippen LogP contribution in [0.25, 0.3) is 0 Å². The Morgan fingerprint density at radius 2 is 1.54 bits per heavy atom. The van der Waals surface area contributed by atoms with Gasteiger partial charge in [0, 0.05) is 32.1 Å². The zero-order chi connectivity index (χ0) is 17.6. The number of hydrogen-bond donors (Lipinski definition) is 1. The molecule has 0 aromatic heterocycles. The van der Waals surface area contributed by atoms with E-state index in [-0.39, 0.29) is 24.2 Å². The fraction of sp³-hybridized carbons (Fsp3) is 0.600. The Morgan fingerprint density at radius 1 is 0.962 bits per heavy atom. The lowest BCUT2D eigenvalue weighted by atomic mass is 9.88. The van der Waals surface area contributed by atoms with Gasteiger partial charge in [-0.25, -0.2) is 0 Å². The molecule has 1 saturated heterocycles. The lowest BCUT2D eigenvalue weighted by molar-refractivity contribution is -0.143. The number of amides is 2. The third-order valence-corrected chi connectivity index (χ3v) is 5.47. The van der Waals surface area contributed by atoms with Gasteiger partial charge < -0.3 is 15.5 Å². The van der Waals surface area contributed by atoms with Gasteiger partial charge in [-0.1, -0.05) is 49.6 Å². The van der Waals surface area contributed by atoms with Crippen molar-refractivity contribution in [2.24, 2.45) is 11.7 Å². The van der Waals surface area contributed by atoms with Crippen molar-refractivity contribution < 1.29 is 9.59 Å². The van der Waals surface area contributed by atoms with Gasteiger partial charge in [0.1, 0.15) is 0 Å². The Bertz CT molecular complexity index is 582. The average Bonchev–Trinajstić information content (AvgIpc) is 2.68. The monoisotopic (exact) mass is 379 g/mol. The number of hydrogen-bond acceptors (Lipinski definition) is 3. The van der Waals surface area contributed by atoms with E-state index in [1.165, 1.54) is 19.3 Å². The minimum atomic E-state index is -0.511. The van der Waals surface area contributed by atoms with Crippen LogP contribution < -0.4 is 5.73 Å². The number of piperazine rings is 1. The van der Waals surface area contributed by atoms with Crippen LogP contribution in [0.15, 0.2) is 30.3 Å². The van der Waals surface area contributed by atoms with E-state index in [1.54, 1.807) is 0 Å². The Hall–Kier alpha value is -1.59. The highest BCUT2D eigenvalue weighted by molar-refractivity contribution is 5.85. The third-order valence-electron chi connectivity index (χ3n) is 5.47. The van der Waals surface area contributed by atoms with E-state index in [0.29, 0.717) is 38.5 Å². The van der Waals surface area contributed by atoms with Crippen LogP contribution >= 0.6 is 12.4 Å². The van der Waals surface area contributed by atoms with Crippen LogP contribution in [0.3, 0.4) is 0 Å². The molecule has 1 aliphatic carbocycles. The van der Waals surface area contributed by atoms with E-state index in [0.717, 1.165) is 18.4 Å². The molecule has 2 aliphatic rings. The smallest absolute Gasteiger partial charge is 0.239 e. The predicted octanol–water partition coefficient (Wildman–Crippen LogP) is 2.23. The van der Waals surface area contributed by atoms with Gasteiger partial charge in [0.2, 0.25) is 11.8 Å². The zero-order valence-electron chi connectivity index (χ0n) is 15.3. The summed E-state index contributed by atoms with van der Waals surface area (Å²) in [6.07, 6.45) is 6.21. The summed E-state index contributed by atoms with van der Waals surface area (Å²) in [6, 6.07) is 9.36. The first-order valence-corrected chi connectivity index (χ1v) is 9.52. The molecule has 0 bridgehead atoms. The first-order chi connectivity index (χ1) is 12.1. The second kappa shape index (κ2) is 9.93. The van der Waals surface area contributed by atoms with Crippen molar-refractivity contribution in [2.75, 3.05) is 26.2 Å². The molecule has 26 heavy (non-hydrogen) atoms. The molecule has 1 aromatic rings. The maximum absolute atomic E-state index is 12.6. The van der Waals surface area contributed by atoms with Gasteiger partial charge in [-0.2, -0.15) is 0 Å². The van der Waals surface area contributed by atoms with E-state index < -0.39 is 6.04 Å². The average molecular weight is 380 g/mol. The maximum Gasteiger partial charge on any atom is 0.239 e. The molecule has 2 amide bonds. The van der Waals surface area contributed by atoms with Crippen LogP contribution in [0.1, 0.15) is 37.7 Å². The molecule has 0 radical (unpaired) electrons. The van der Waals surface area contributed by atoms with Gasteiger partial charge in [-0.3, -0.25) is 9.59 Å². The van der Waals surface area contributed by atoms with Crippen LogP contribution in [0.4, 0.5) is 0 Å². The van der Waals surface area contributed by atoms with E-state index >= 15 is 0 Å². The van der Waals surface area contributed by atoms with Crippen LogP contribution in [0.2, 0.25) is 0 Å². The SMILES string of the molecule is Cl.N[C@@H](Cc1ccccc1)C(=O)N1CCN(C(=O)C2CCCCC2)CC1. The fourth-order valence-electron chi connectivity index (χ4n) is 3.94. The van der Waals surface area contributed by atoms with Gasteiger partial charge in [0.05, 0.1) is 6.04 Å². The predicted molar refractivity (Wildman–Crippen MR) is 105 cm³/mol. The van der Waals surface area contributed by atoms with Crippen LogP contribution in [-0.4, -0.2) is 53.8 Å². The quantitative estimate of drug-likeness (QED) is 0.872. The Morgan fingerprint density at radius 3 is 2.15 bits per heavy atom. The highest BCUT2D eigenvalue weighted by Crippen LogP contribution is 2.25. The summed E-state index contributed by atoms with van der Waals surface area (Å²) < 4.78 is 0. The second-order valence-electron chi connectivity index (χ2n) is 7.28. The van der Waals surface area contributed by atoms with E-state index in [1.807, 2.05) is 40.1 Å². The van der Waals surface area contributed by atoms with Gasteiger partial charge in [0.15, 0.2) is 0 Å². The van der Waals surface area contributed by atoms with Crippen molar-refractivity contribution >= 4 is 24.2 Å². The molecule has 6 heteroatoms. The van der Waals surface area contributed by atoms with Gasteiger partial charge >= 0.3 is 0 Å². The molecule has 1 aliphatic heterocycles. The van der Waals surface area contributed by atoms with Gasteiger partial charge in [-0.05, 0) is 24.8 Å². The number of carbonyl (C=O) groups is 2. The van der Waals surface area contributed by atoms with Crippen LogP contribution in [0, 0.1) is 5.92 Å². The Balaban J connectivity index is 0.00000243. The molecular weight excluding hydrogens is 350 g/mol. The highest BCUT2D eigenvalue weighted by atomic mass is 35.5. The fourth-order valence-corrected chi connectivity index (χ4v) is 3.94. The summed E-state index contributed by atoms with van der Waals surface area (Å²) in [5.74, 6) is 0.491. The number of carbonyl (C=O) groups excluding carboxylic acids is 2. The first kappa shape index (κ1) is 20.7. The number of rotatable bonds is 4. The normalized spacial score (nSPS) is 19.6. The standard InChI is InChI=1S/C20H29N3O2.ClH/c21-18(15-16-7-3-1-4-8-16)20(25)23-13-11-22(12-14-23)19(24)17-9-5-2-6-10-17;/h1,3-4,7-8,17-18H,2,5-6,9-15,21H2;1H/t18-;/m0./s1. The van der Waals surface area contributed by atoms with Crippen LogP contribution in [-0.2, 0) is 16.0 Å². The molecule has 5 nitrogen and oxygen atoms in total. The summed E-state index contributed by atoms with van der Waals surface area (Å²) in [5.41, 5.74) is 7.20. The van der Waals surface area contributed by atoms with Gasteiger partial charge in [0.25, 0.3) is 0 Å². The lowest BCUT2D eigenvalue weighted by Gasteiger charge is -2.38. The van der Waals surface area contributed by atoms with Gasteiger partial charge in [-0.15, -0.1) is 12.4 Å². The molecule has 3 rings (SSSR count). The zero-order valence-corrected chi connectivity index (χ0v) is 16.1. The molecule has 1 aromatic carbocycles. The van der Waals surface area contributed by atoms with Crippen molar-refractivity contribution in [1.82, 2.24) is 9.80 Å². The molecular formula is C20H30ClN3O2.